The Morgan fingerprint density at radius 3 is 2.19 bits per heavy atom. The van der Waals surface area contributed by atoms with Crippen molar-refractivity contribution >= 4 is 23.8 Å². The molecule has 0 aromatic heterocycles. The second kappa shape index (κ2) is 9.88. The Labute approximate surface area is 189 Å². The van der Waals surface area contributed by atoms with Crippen LogP contribution in [0.5, 0.6) is 0 Å². The number of hydrogen-bond acceptors (Lipinski definition) is 4. The van der Waals surface area contributed by atoms with Crippen LogP contribution in [0.2, 0.25) is 0 Å². The zero-order valence-corrected chi connectivity index (χ0v) is 19.8. The van der Waals surface area contributed by atoms with E-state index >= 15 is 0 Å². The van der Waals surface area contributed by atoms with Crippen LogP contribution in [-0.2, 0) is 22.4 Å². The molecule has 0 bridgehead atoms. The standard InChI is InChI=1S/C25H32N2O3S/c1-16-6-8-21(10-18(16)3)11-24(28)26-14-19(4)27(20(5)15-26)31-23-9-7-17(2)22(12-23)13-25(29)30/h6-10,12,19-20H,11,13-15H2,1-5H3,(H,29,30). The number of carboxylic acids is 1. The van der Waals surface area contributed by atoms with Gasteiger partial charge in [0.1, 0.15) is 0 Å². The van der Waals surface area contributed by atoms with Crippen molar-refractivity contribution in [3.8, 4) is 0 Å². The van der Waals surface area contributed by atoms with E-state index in [9.17, 15) is 9.59 Å². The van der Waals surface area contributed by atoms with Crippen molar-refractivity contribution in [2.75, 3.05) is 13.1 Å². The fourth-order valence-corrected chi connectivity index (χ4v) is 5.13. The average molecular weight is 441 g/mol. The highest BCUT2D eigenvalue weighted by molar-refractivity contribution is 7.97. The molecule has 1 aliphatic heterocycles. The number of piperazine rings is 1. The van der Waals surface area contributed by atoms with Gasteiger partial charge in [0.2, 0.25) is 5.91 Å². The van der Waals surface area contributed by atoms with E-state index in [0.29, 0.717) is 19.5 Å². The minimum atomic E-state index is -0.817. The Bertz CT molecular complexity index is 963. The van der Waals surface area contributed by atoms with Crippen LogP contribution in [-0.4, -0.2) is 51.4 Å². The number of rotatable bonds is 6. The molecule has 0 aliphatic carbocycles. The van der Waals surface area contributed by atoms with Gasteiger partial charge < -0.3 is 10.0 Å². The molecule has 1 aliphatic rings. The predicted octanol–water partition coefficient (Wildman–Crippen LogP) is 4.41. The third kappa shape index (κ3) is 5.89. The smallest absolute Gasteiger partial charge is 0.307 e. The second-order valence-electron chi connectivity index (χ2n) is 8.70. The van der Waals surface area contributed by atoms with Crippen LogP contribution in [0, 0.1) is 20.8 Å². The molecule has 166 valence electrons. The van der Waals surface area contributed by atoms with Gasteiger partial charge in [-0.3, -0.25) is 9.59 Å². The van der Waals surface area contributed by atoms with E-state index in [1.54, 1.807) is 11.9 Å². The molecule has 6 heteroatoms. The van der Waals surface area contributed by atoms with Crippen LogP contribution >= 0.6 is 11.9 Å². The minimum absolute atomic E-state index is 0.0338. The monoisotopic (exact) mass is 440 g/mol. The number of hydrogen-bond donors (Lipinski definition) is 1. The van der Waals surface area contributed by atoms with E-state index in [2.05, 4.69) is 44.1 Å². The lowest BCUT2D eigenvalue weighted by Gasteiger charge is -2.43. The van der Waals surface area contributed by atoms with Crippen molar-refractivity contribution in [3.05, 3.63) is 64.2 Å². The summed E-state index contributed by atoms with van der Waals surface area (Å²) in [6.45, 7) is 11.8. The highest BCUT2D eigenvalue weighted by atomic mass is 32.2. The maximum absolute atomic E-state index is 12.9. The van der Waals surface area contributed by atoms with Gasteiger partial charge in [-0.2, -0.15) is 0 Å². The van der Waals surface area contributed by atoms with Crippen LogP contribution < -0.4 is 0 Å². The van der Waals surface area contributed by atoms with Crippen LogP contribution in [0.4, 0.5) is 0 Å². The van der Waals surface area contributed by atoms with Crippen LogP contribution in [0.3, 0.4) is 0 Å². The van der Waals surface area contributed by atoms with E-state index in [1.807, 2.05) is 36.1 Å². The third-order valence-electron chi connectivity index (χ3n) is 5.99. The largest absolute Gasteiger partial charge is 0.481 e. The van der Waals surface area contributed by atoms with Crippen LogP contribution in [0.1, 0.15) is 41.7 Å². The summed E-state index contributed by atoms with van der Waals surface area (Å²) in [6, 6.07) is 12.6. The molecule has 1 fully saturated rings. The summed E-state index contributed by atoms with van der Waals surface area (Å²) in [6.07, 6.45) is 0.469. The van der Waals surface area contributed by atoms with E-state index in [-0.39, 0.29) is 24.4 Å². The molecule has 1 N–H and O–H groups in total. The Morgan fingerprint density at radius 1 is 0.935 bits per heavy atom. The van der Waals surface area contributed by atoms with Crippen molar-refractivity contribution in [3.63, 3.8) is 0 Å². The van der Waals surface area contributed by atoms with Crippen molar-refractivity contribution in [2.24, 2.45) is 0 Å². The minimum Gasteiger partial charge on any atom is -0.481 e. The zero-order valence-electron chi connectivity index (χ0n) is 19.0. The van der Waals surface area contributed by atoms with E-state index in [4.69, 9.17) is 5.11 Å². The van der Waals surface area contributed by atoms with Crippen molar-refractivity contribution in [1.82, 2.24) is 9.21 Å². The summed E-state index contributed by atoms with van der Waals surface area (Å²) in [5, 5.41) is 9.15. The molecular weight excluding hydrogens is 408 g/mol. The molecule has 0 spiro atoms. The molecule has 2 aromatic carbocycles. The lowest BCUT2D eigenvalue weighted by Crippen LogP contribution is -2.55. The summed E-state index contributed by atoms with van der Waals surface area (Å²) in [7, 11) is 0. The highest BCUT2D eigenvalue weighted by Crippen LogP contribution is 2.32. The molecule has 31 heavy (non-hydrogen) atoms. The van der Waals surface area contributed by atoms with Gasteiger partial charge in [-0.1, -0.05) is 24.3 Å². The Hall–Kier alpha value is -2.31. The molecular formula is C25H32N2O3S. The van der Waals surface area contributed by atoms with Gasteiger partial charge in [0, 0.05) is 30.1 Å². The molecule has 2 atom stereocenters. The number of carboxylic acid groups (broad SMARTS) is 1. The maximum atomic E-state index is 12.9. The van der Waals surface area contributed by atoms with Gasteiger partial charge in [-0.15, -0.1) is 0 Å². The number of aryl methyl sites for hydroxylation is 3. The molecule has 2 aromatic rings. The first-order valence-corrected chi connectivity index (χ1v) is 11.5. The van der Waals surface area contributed by atoms with E-state index in [0.717, 1.165) is 21.6 Å². The summed E-state index contributed by atoms with van der Waals surface area (Å²) in [5.74, 6) is -0.645. The maximum Gasteiger partial charge on any atom is 0.307 e. The van der Waals surface area contributed by atoms with Crippen LogP contribution in [0.25, 0.3) is 0 Å². The Morgan fingerprint density at radius 2 is 1.58 bits per heavy atom. The fraction of sp³-hybridized carbons (Fsp3) is 0.440. The topological polar surface area (TPSA) is 60.9 Å². The molecule has 3 rings (SSSR count). The lowest BCUT2D eigenvalue weighted by molar-refractivity contribution is -0.136. The molecule has 5 nitrogen and oxygen atoms in total. The number of carbonyl (C=O) groups excluding carboxylic acids is 1. The lowest BCUT2D eigenvalue weighted by atomic mass is 10.0. The Balaban J connectivity index is 1.65. The number of benzene rings is 2. The molecule has 0 radical (unpaired) electrons. The normalized spacial score (nSPS) is 19.5. The third-order valence-corrected chi connectivity index (χ3v) is 7.39. The zero-order chi connectivity index (χ0) is 22.7. The second-order valence-corrected chi connectivity index (χ2v) is 9.78. The van der Waals surface area contributed by atoms with Gasteiger partial charge in [0.15, 0.2) is 0 Å². The van der Waals surface area contributed by atoms with E-state index in [1.165, 1.54) is 11.1 Å². The summed E-state index contributed by atoms with van der Waals surface area (Å²) in [5.41, 5.74) is 5.37. The quantitative estimate of drug-likeness (QED) is 0.674. The average Bonchev–Trinajstić information content (AvgIpc) is 2.69. The van der Waals surface area contributed by atoms with Gasteiger partial charge in [-0.25, -0.2) is 4.31 Å². The van der Waals surface area contributed by atoms with Crippen molar-refractivity contribution in [2.45, 2.75) is 64.4 Å². The molecule has 0 saturated carbocycles. The van der Waals surface area contributed by atoms with Gasteiger partial charge >= 0.3 is 5.97 Å². The number of carbonyl (C=O) groups is 2. The van der Waals surface area contributed by atoms with Crippen molar-refractivity contribution in [1.29, 1.82) is 0 Å². The number of amides is 1. The van der Waals surface area contributed by atoms with Crippen LogP contribution in [0.15, 0.2) is 41.3 Å². The summed E-state index contributed by atoms with van der Waals surface area (Å²) < 4.78 is 2.33. The number of nitrogens with zero attached hydrogens (tertiary/aromatic N) is 2. The van der Waals surface area contributed by atoms with E-state index < -0.39 is 5.97 Å². The first-order valence-electron chi connectivity index (χ1n) is 10.8. The molecule has 2 unspecified atom stereocenters. The molecule has 1 heterocycles. The summed E-state index contributed by atoms with van der Waals surface area (Å²) >= 11 is 1.65. The van der Waals surface area contributed by atoms with Gasteiger partial charge in [-0.05, 0) is 86.5 Å². The first-order chi connectivity index (χ1) is 14.6. The predicted molar refractivity (Wildman–Crippen MR) is 125 cm³/mol. The molecule has 1 amide bonds. The number of aliphatic carboxylic acids is 1. The van der Waals surface area contributed by atoms with Crippen molar-refractivity contribution < 1.29 is 14.7 Å². The SMILES string of the molecule is Cc1ccc(CC(=O)N2CC(C)N(Sc3ccc(C)c(CC(=O)O)c3)C(C)C2)cc1C. The van der Waals surface area contributed by atoms with Gasteiger partial charge in [0.05, 0.1) is 12.8 Å². The molecule has 1 saturated heterocycles. The summed E-state index contributed by atoms with van der Waals surface area (Å²) in [4.78, 5) is 27.1. The Kier molecular flexibility index (Phi) is 7.44. The highest BCUT2D eigenvalue weighted by Gasteiger charge is 2.32. The first kappa shape index (κ1) is 23.4. The fourth-order valence-electron chi connectivity index (χ4n) is 4.07. The van der Waals surface area contributed by atoms with Gasteiger partial charge in [0.25, 0.3) is 0 Å².